The molecular weight excluding hydrogens is 170 g/mol. The first kappa shape index (κ1) is 9.81. The van der Waals surface area contributed by atoms with Crippen molar-refractivity contribution in [3.8, 4) is 6.07 Å². The van der Waals surface area contributed by atoms with Crippen molar-refractivity contribution in [2.45, 2.75) is 31.7 Å². The van der Waals surface area contributed by atoms with Gasteiger partial charge in [0.2, 0.25) is 0 Å². The topological polar surface area (TPSA) is 85.2 Å². The molecule has 1 rings (SSSR count). The first-order chi connectivity index (χ1) is 6.22. The van der Waals surface area contributed by atoms with Crippen LogP contribution in [0.3, 0.4) is 0 Å². The Balaban J connectivity index is 2.27. The van der Waals surface area contributed by atoms with Gasteiger partial charge in [-0.1, -0.05) is 6.42 Å². The van der Waals surface area contributed by atoms with E-state index in [2.05, 4.69) is 16.9 Å². The second kappa shape index (κ2) is 4.67. The van der Waals surface area contributed by atoms with Gasteiger partial charge in [0, 0.05) is 12.0 Å². The fraction of sp³-hybridized carbons (Fsp3) is 0.750. The molecule has 2 atom stereocenters. The molecule has 13 heavy (non-hydrogen) atoms. The second-order valence-electron chi connectivity index (χ2n) is 3.26. The lowest BCUT2D eigenvalue weighted by Crippen LogP contribution is -2.45. The predicted octanol–water partition coefficient (Wildman–Crippen LogP) is 0.841. The molecule has 0 saturated heterocycles. The van der Waals surface area contributed by atoms with Crippen LogP contribution in [0.1, 0.15) is 25.7 Å². The van der Waals surface area contributed by atoms with Crippen LogP contribution in [-0.2, 0) is 0 Å². The van der Waals surface area contributed by atoms with Crippen LogP contribution in [0.25, 0.3) is 0 Å². The third kappa shape index (κ3) is 3.30. The van der Waals surface area contributed by atoms with Gasteiger partial charge in [0.25, 0.3) is 0 Å². The van der Waals surface area contributed by atoms with E-state index in [9.17, 15) is 4.79 Å². The zero-order valence-corrected chi connectivity index (χ0v) is 7.29. The Hall–Kier alpha value is -1.28. The maximum atomic E-state index is 10.2. The van der Waals surface area contributed by atoms with Crippen molar-refractivity contribution in [2.75, 3.05) is 0 Å². The molecule has 0 unspecified atom stereocenters. The molecule has 1 aliphatic rings. The summed E-state index contributed by atoms with van der Waals surface area (Å²) in [6, 6.07) is 2.31. The number of nitrogens with zero attached hydrogens (tertiary/aromatic N) is 1. The number of hydrogen-bond acceptors (Lipinski definition) is 3. The third-order valence-corrected chi connectivity index (χ3v) is 2.24. The lowest BCUT2D eigenvalue weighted by molar-refractivity contribution is 0.182. The van der Waals surface area contributed by atoms with Crippen LogP contribution in [0.4, 0.5) is 4.79 Å². The van der Waals surface area contributed by atoms with Crippen LogP contribution in [0, 0.1) is 17.2 Å². The Morgan fingerprint density at radius 1 is 1.54 bits per heavy atom. The second-order valence-corrected chi connectivity index (χ2v) is 3.26. The molecular formula is C8H13N3O2. The Morgan fingerprint density at radius 2 is 2.31 bits per heavy atom. The van der Waals surface area contributed by atoms with E-state index in [1.54, 1.807) is 0 Å². The fourth-order valence-electron chi connectivity index (χ4n) is 1.60. The third-order valence-electron chi connectivity index (χ3n) is 2.24. The van der Waals surface area contributed by atoms with E-state index in [1.807, 2.05) is 0 Å². The first-order valence-corrected chi connectivity index (χ1v) is 4.36. The molecule has 0 bridgehead atoms. The highest BCUT2D eigenvalue weighted by Crippen LogP contribution is 2.22. The minimum Gasteiger partial charge on any atom is -0.464 e. The van der Waals surface area contributed by atoms with Crippen molar-refractivity contribution in [1.29, 1.82) is 5.26 Å². The highest BCUT2D eigenvalue weighted by Gasteiger charge is 2.21. The Morgan fingerprint density at radius 3 is 2.92 bits per heavy atom. The van der Waals surface area contributed by atoms with Crippen molar-refractivity contribution < 1.29 is 9.90 Å². The number of hydrazine groups is 1. The van der Waals surface area contributed by atoms with Crippen LogP contribution in [0.2, 0.25) is 0 Å². The Labute approximate surface area is 76.7 Å². The molecule has 1 fully saturated rings. The van der Waals surface area contributed by atoms with Crippen molar-refractivity contribution in [2.24, 2.45) is 5.92 Å². The number of nitrogens with one attached hydrogen (secondary N) is 2. The van der Waals surface area contributed by atoms with E-state index in [1.165, 1.54) is 0 Å². The molecule has 0 heterocycles. The van der Waals surface area contributed by atoms with Crippen LogP contribution in [0.15, 0.2) is 0 Å². The first-order valence-electron chi connectivity index (χ1n) is 4.36. The quantitative estimate of drug-likeness (QED) is 0.554. The van der Waals surface area contributed by atoms with E-state index in [0.717, 1.165) is 25.7 Å². The van der Waals surface area contributed by atoms with Crippen molar-refractivity contribution in [1.82, 2.24) is 10.9 Å². The Bertz CT molecular complexity index is 224. The van der Waals surface area contributed by atoms with Gasteiger partial charge in [-0.2, -0.15) is 5.26 Å². The largest absolute Gasteiger partial charge is 0.464 e. The van der Waals surface area contributed by atoms with E-state index in [0.29, 0.717) is 0 Å². The monoisotopic (exact) mass is 183 g/mol. The fourth-order valence-corrected chi connectivity index (χ4v) is 1.60. The minimum atomic E-state index is -1.08. The highest BCUT2D eigenvalue weighted by molar-refractivity contribution is 5.63. The molecule has 3 N–H and O–H groups in total. The summed E-state index contributed by atoms with van der Waals surface area (Å²) >= 11 is 0. The zero-order chi connectivity index (χ0) is 9.68. The molecule has 5 nitrogen and oxygen atoms in total. The summed E-state index contributed by atoms with van der Waals surface area (Å²) in [4.78, 5) is 10.2. The van der Waals surface area contributed by atoms with Crippen LogP contribution < -0.4 is 10.9 Å². The van der Waals surface area contributed by atoms with Gasteiger partial charge in [-0.3, -0.25) is 5.43 Å². The molecule has 0 aromatic heterocycles. The van der Waals surface area contributed by atoms with Gasteiger partial charge >= 0.3 is 6.09 Å². The Kier molecular flexibility index (Phi) is 3.53. The van der Waals surface area contributed by atoms with Crippen LogP contribution >= 0.6 is 0 Å². The van der Waals surface area contributed by atoms with Crippen LogP contribution in [0.5, 0.6) is 0 Å². The average Bonchev–Trinajstić information content (AvgIpc) is 2.15. The van der Waals surface area contributed by atoms with Gasteiger partial charge in [0.1, 0.15) is 0 Å². The number of carbonyl (C=O) groups is 1. The predicted molar refractivity (Wildman–Crippen MR) is 45.7 cm³/mol. The van der Waals surface area contributed by atoms with Gasteiger partial charge in [0.15, 0.2) is 0 Å². The smallest absolute Gasteiger partial charge is 0.419 e. The molecule has 1 aliphatic carbocycles. The number of hydrogen-bond donors (Lipinski definition) is 3. The van der Waals surface area contributed by atoms with E-state index < -0.39 is 6.09 Å². The summed E-state index contributed by atoms with van der Waals surface area (Å²) in [6.45, 7) is 0. The lowest BCUT2D eigenvalue weighted by atomic mass is 9.87. The molecule has 0 spiro atoms. The molecule has 0 radical (unpaired) electrons. The molecule has 0 aliphatic heterocycles. The maximum Gasteiger partial charge on any atom is 0.419 e. The average molecular weight is 183 g/mol. The summed E-state index contributed by atoms with van der Waals surface area (Å²) in [5.41, 5.74) is 4.80. The summed E-state index contributed by atoms with van der Waals surface area (Å²) < 4.78 is 0. The maximum absolute atomic E-state index is 10.2. The number of carboxylic acid groups (broad SMARTS) is 1. The molecule has 0 aromatic rings. The minimum absolute atomic E-state index is 0.0712. The van der Waals surface area contributed by atoms with Crippen molar-refractivity contribution in [3.63, 3.8) is 0 Å². The number of amides is 1. The van der Waals surface area contributed by atoms with E-state index >= 15 is 0 Å². The molecule has 5 heteroatoms. The van der Waals surface area contributed by atoms with Gasteiger partial charge in [-0.15, -0.1) is 0 Å². The molecule has 0 aromatic carbocycles. The number of nitriles is 1. The molecule has 1 amide bonds. The zero-order valence-electron chi connectivity index (χ0n) is 7.29. The molecule has 1 saturated carbocycles. The molecule has 72 valence electrons. The van der Waals surface area contributed by atoms with Gasteiger partial charge in [0.05, 0.1) is 6.07 Å². The van der Waals surface area contributed by atoms with Gasteiger partial charge < -0.3 is 5.11 Å². The van der Waals surface area contributed by atoms with Gasteiger partial charge in [-0.25, -0.2) is 10.2 Å². The lowest BCUT2D eigenvalue weighted by Gasteiger charge is -2.25. The van der Waals surface area contributed by atoms with Gasteiger partial charge in [-0.05, 0) is 19.3 Å². The van der Waals surface area contributed by atoms with Crippen molar-refractivity contribution in [3.05, 3.63) is 0 Å². The highest BCUT2D eigenvalue weighted by atomic mass is 16.4. The van der Waals surface area contributed by atoms with E-state index in [-0.39, 0.29) is 12.0 Å². The van der Waals surface area contributed by atoms with E-state index in [4.69, 9.17) is 10.4 Å². The van der Waals surface area contributed by atoms with Crippen molar-refractivity contribution >= 4 is 6.09 Å². The summed E-state index contributed by atoms with van der Waals surface area (Å²) in [5, 5.41) is 17.0. The summed E-state index contributed by atoms with van der Waals surface area (Å²) in [5.74, 6) is 0.0712. The summed E-state index contributed by atoms with van der Waals surface area (Å²) in [7, 11) is 0. The van der Waals surface area contributed by atoms with Crippen LogP contribution in [-0.4, -0.2) is 17.2 Å². The standard InChI is InChI=1S/C8H13N3O2/c9-5-6-2-1-3-7(4-6)10-11-8(12)13/h6-7,10-11H,1-4H2,(H,12,13)/t6-,7+/m1/s1. The summed E-state index contributed by atoms with van der Waals surface area (Å²) in [6.07, 6.45) is 2.49. The number of rotatable bonds is 2. The SMILES string of the molecule is N#C[C@@H]1CCC[C@H](NNC(=O)O)C1. The normalized spacial score (nSPS) is 27.6.